The second-order valence-electron chi connectivity index (χ2n) is 11.9. The highest BCUT2D eigenvalue weighted by molar-refractivity contribution is 7.85. The van der Waals surface area contributed by atoms with Crippen LogP contribution in [0.4, 0.5) is 10.5 Å². The minimum Gasteiger partial charge on any atom is -0.444 e. The quantitative estimate of drug-likeness (QED) is 0.110. The number of carbonyl (C=O) groups is 2. The number of nitrogens with one attached hydrogen (secondary N) is 1. The molecule has 0 aliphatic rings. The second-order valence-corrected chi connectivity index (χ2v) is 13.5. The summed E-state index contributed by atoms with van der Waals surface area (Å²) in [7, 11) is -3.45. The zero-order chi connectivity index (χ0) is 36.7. The summed E-state index contributed by atoms with van der Waals surface area (Å²) in [5.41, 5.74) is 1.32. The predicted molar refractivity (Wildman–Crippen MR) is 186 cm³/mol. The van der Waals surface area contributed by atoms with Gasteiger partial charge >= 0.3 is 6.09 Å². The van der Waals surface area contributed by atoms with Gasteiger partial charge in [0.05, 0.1) is 98.2 Å². The molecule has 0 aliphatic heterocycles. The van der Waals surface area contributed by atoms with Crippen LogP contribution in [-0.4, -0.2) is 135 Å². The smallest absolute Gasteiger partial charge is 0.410 e. The molecule has 282 valence electrons. The van der Waals surface area contributed by atoms with Crippen LogP contribution in [0.2, 0.25) is 0 Å². The van der Waals surface area contributed by atoms with Crippen molar-refractivity contribution in [2.45, 2.75) is 39.3 Å². The molecule has 0 aliphatic carbocycles. The number of benzene rings is 1. The number of rotatable bonds is 26. The van der Waals surface area contributed by atoms with Gasteiger partial charge in [-0.25, -0.2) is 4.79 Å². The maximum absolute atomic E-state index is 13.1. The number of ether oxygens (including phenoxy) is 7. The van der Waals surface area contributed by atoms with E-state index in [-0.39, 0.29) is 31.8 Å². The van der Waals surface area contributed by atoms with Gasteiger partial charge in [-0.3, -0.25) is 18.9 Å². The van der Waals surface area contributed by atoms with E-state index in [9.17, 15) is 18.0 Å². The molecule has 2 amide bonds. The van der Waals surface area contributed by atoms with E-state index in [0.29, 0.717) is 83.9 Å². The molecule has 2 aromatic rings. The van der Waals surface area contributed by atoms with Gasteiger partial charge in [0.15, 0.2) is 0 Å². The third-order valence-electron chi connectivity index (χ3n) is 6.55. The third kappa shape index (κ3) is 20.5. The average Bonchev–Trinajstić information content (AvgIpc) is 3.06. The van der Waals surface area contributed by atoms with Crippen LogP contribution in [0.1, 0.15) is 49.7 Å². The maximum atomic E-state index is 13.1. The predicted octanol–water partition coefficient (Wildman–Crippen LogP) is 3.71. The van der Waals surface area contributed by atoms with E-state index in [0.717, 1.165) is 11.8 Å². The van der Waals surface area contributed by atoms with Gasteiger partial charge in [0.1, 0.15) is 5.60 Å². The largest absolute Gasteiger partial charge is 0.444 e. The van der Waals surface area contributed by atoms with Crippen molar-refractivity contribution in [2.24, 2.45) is 0 Å². The Morgan fingerprint density at radius 1 is 0.720 bits per heavy atom. The van der Waals surface area contributed by atoms with Crippen LogP contribution in [0.15, 0.2) is 48.8 Å². The summed E-state index contributed by atoms with van der Waals surface area (Å²) in [6, 6.07) is 10.2. The Labute approximate surface area is 295 Å². The van der Waals surface area contributed by atoms with Gasteiger partial charge in [0, 0.05) is 30.2 Å². The molecule has 50 heavy (non-hydrogen) atoms. The number of anilines is 1. The molecule has 0 radical (unpaired) electrons. The molecule has 1 heterocycles. The Balaban J connectivity index is 1.57. The number of hydrogen-bond donors (Lipinski definition) is 1. The monoisotopic (exact) mass is 727 g/mol. The van der Waals surface area contributed by atoms with Crippen molar-refractivity contribution in [3.8, 4) is 0 Å². The van der Waals surface area contributed by atoms with Gasteiger partial charge in [-0.15, -0.1) is 0 Å². The molecule has 16 heteroatoms. The third-order valence-corrected chi connectivity index (χ3v) is 7.15. The van der Waals surface area contributed by atoms with Crippen molar-refractivity contribution in [3.05, 3.63) is 59.9 Å². The average molecular weight is 728 g/mol. The molecule has 0 spiro atoms. The summed E-state index contributed by atoms with van der Waals surface area (Å²) >= 11 is 0. The fourth-order valence-electron chi connectivity index (χ4n) is 4.10. The fourth-order valence-corrected chi connectivity index (χ4v) is 4.47. The van der Waals surface area contributed by atoms with Crippen molar-refractivity contribution in [1.29, 1.82) is 0 Å². The lowest BCUT2D eigenvalue weighted by Gasteiger charge is -2.32. The Bertz CT molecular complexity index is 1330. The van der Waals surface area contributed by atoms with Crippen LogP contribution < -0.4 is 5.32 Å². The van der Waals surface area contributed by atoms with E-state index < -0.39 is 21.8 Å². The lowest BCUT2D eigenvalue weighted by Crippen LogP contribution is -2.40. The molecule has 1 N–H and O–H groups in total. The number of carbonyl (C=O) groups excluding carboxylic acids is 2. The number of aromatic nitrogens is 1. The molecule has 0 saturated carbocycles. The molecule has 0 bridgehead atoms. The molecule has 0 fully saturated rings. The highest BCUT2D eigenvalue weighted by Gasteiger charge is 2.27. The topological polar surface area (TPSA) is 170 Å². The van der Waals surface area contributed by atoms with E-state index in [4.69, 9.17) is 33.2 Å². The molecule has 0 saturated heterocycles. The molecule has 1 aromatic carbocycles. The number of hydrogen-bond acceptors (Lipinski definition) is 13. The second kappa shape index (κ2) is 24.1. The van der Waals surface area contributed by atoms with Crippen LogP contribution in [0.5, 0.6) is 0 Å². The molecule has 1 atom stereocenters. The van der Waals surface area contributed by atoms with Gasteiger partial charge in [0.2, 0.25) is 0 Å². The minimum absolute atomic E-state index is 0.0198. The lowest BCUT2D eigenvalue weighted by atomic mass is 10.0. The highest BCUT2D eigenvalue weighted by Crippen LogP contribution is 2.23. The Kier molecular flexibility index (Phi) is 20.7. The first-order chi connectivity index (χ1) is 23.9. The van der Waals surface area contributed by atoms with Crippen molar-refractivity contribution in [2.75, 3.05) is 104 Å². The Morgan fingerprint density at radius 2 is 1.16 bits per heavy atom. The molecule has 2 rings (SSSR count). The van der Waals surface area contributed by atoms with E-state index in [1.807, 2.05) is 39.8 Å². The molecule has 0 unspecified atom stereocenters. The first-order valence-electron chi connectivity index (χ1n) is 16.5. The summed E-state index contributed by atoms with van der Waals surface area (Å²) in [6.45, 7) is 12.0. The normalized spacial score (nSPS) is 12.4. The zero-order valence-corrected chi connectivity index (χ0v) is 30.6. The maximum Gasteiger partial charge on any atom is 0.410 e. The van der Waals surface area contributed by atoms with Gasteiger partial charge < -0.3 is 38.5 Å². The van der Waals surface area contributed by atoms with Crippen molar-refractivity contribution >= 4 is 27.8 Å². The number of nitrogens with zero attached hydrogens (tertiary/aromatic N) is 2. The van der Waals surface area contributed by atoms with Crippen molar-refractivity contribution in [1.82, 2.24) is 9.88 Å². The van der Waals surface area contributed by atoms with E-state index in [1.165, 1.54) is 0 Å². The number of pyridine rings is 1. The standard InChI is InChI=1S/C34H53N3O12S/c1-28(29-6-8-30(9-7-29)32(38)36-31-10-12-35-13-11-31)37(33(39)49-34(2,3)4)14-15-42-16-17-43-18-19-44-20-21-45-22-23-46-24-25-47-26-27-48-50(5,40)41/h6-13,28H,14-27H2,1-5H3,(H,35,36,38)/t28-/m0/s1. The van der Waals surface area contributed by atoms with Gasteiger partial charge in [-0.05, 0) is 57.5 Å². The fraction of sp³-hybridized carbons (Fsp3) is 0.618. The lowest BCUT2D eigenvalue weighted by molar-refractivity contribution is -0.0200. The van der Waals surface area contributed by atoms with Crippen molar-refractivity contribution < 1.29 is 55.3 Å². The SMILES string of the molecule is C[C@@H](c1ccc(C(=O)Nc2ccncc2)cc1)N(CCOCCOCCOCCOCCOCCOCCOS(C)(=O)=O)C(=O)OC(C)(C)C. The molecule has 1 aromatic heterocycles. The van der Waals surface area contributed by atoms with Crippen LogP contribution in [-0.2, 0) is 47.5 Å². The Hall–Kier alpha value is -3.22. The summed E-state index contributed by atoms with van der Waals surface area (Å²) in [6.07, 6.45) is 3.74. The van der Waals surface area contributed by atoms with Gasteiger partial charge in [0.25, 0.3) is 16.0 Å². The molecule has 15 nitrogen and oxygen atoms in total. The summed E-state index contributed by atoms with van der Waals surface area (Å²) in [5, 5.41) is 2.83. The van der Waals surface area contributed by atoms with Crippen molar-refractivity contribution in [3.63, 3.8) is 0 Å². The van der Waals surface area contributed by atoms with Crippen LogP contribution >= 0.6 is 0 Å². The Morgan fingerprint density at radius 3 is 1.60 bits per heavy atom. The van der Waals surface area contributed by atoms with E-state index in [2.05, 4.69) is 14.5 Å². The van der Waals surface area contributed by atoms with Crippen LogP contribution in [0, 0.1) is 0 Å². The summed E-state index contributed by atoms with van der Waals surface area (Å²) in [4.78, 5) is 31.3. The first kappa shape index (κ1) is 42.9. The van der Waals surface area contributed by atoms with Gasteiger partial charge in [-0.1, -0.05) is 12.1 Å². The summed E-state index contributed by atoms with van der Waals surface area (Å²) < 4.78 is 64.7. The highest BCUT2D eigenvalue weighted by atomic mass is 32.2. The van der Waals surface area contributed by atoms with Gasteiger partial charge in [-0.2, -0.15) is 8.42 Å². The van der Waals surface area contributed by atoms with E-state index in [1.54, 1.807) is 41.6 Å². The minimum atomic E-state index is -3.45. The summed E-state index contributed by atoms with van der Waals surface area (Å²) in [5.74, 6) is -0.243. The zero-order valence-electron chi connectivity index (χ0n) is 29.8. The van der Waals surface area contributed by atoms with E-state index >= 15 is 0 Å². The number of amides is 2. The molecular weight excluding hydrogens is 674 g/mol. The molecular formula is C34H53N3O12S. The van der Waals surface area contributed by atoms with Crippen LogP contribution in [0.3, 0.4) is 0 Å². The van der Waals surface area contributed by atoms with Crippen LogP contribution in [0.25, 0.3) is 0 Å². The first-order valence-corrected chi connectivity index (χ1v) is 18.3.